The molecule has 0 saturated heterocycles. The molecule has 0 spiro atoms. The maximum Gasteiger partial charge on any atom is 0.258 e. The van der Waals surface area contributed by atoms with Crippen molar-refractivity contribution in [2.45, 2.75) is 24.0 Å². The first kappa shape index (κ1) is 30.0. The van der Waals surface area contributed by atoms with Crippen LogP contribution in [0.3, 0.4) is 0 Å². The van der Waals surface area contributed by atoms with Crippen molar-refractivity contribution >= 4 is 67.9 Å². The topological polar surface area (TPSA) is 96.9 Å². The van der Waals surface area contributed by atoms with Gasteiger partial charge < -0.3 is 4.74 Å². The average Bonchev–Trinajstić information content (AvgIpc) is 2.93. The number of nitrogens with zero attached hydrogens (tertiary/aromatic N) is 1. The molecular weight excluding hydrogens is 684 g/mol. The van der Waals surface area contributed by atoms with E-state index in [1.54, 1.807) is 42.5 Å². The lowest BCUT2D eigenvalue weighted by molar-refractivity contribution is -0.122. The predicted octanol–water partition coefficient (Wildman–Crippen LogP) is 6.22. The van der Waals surface area contributed by atoms with Gasteiger partial charge in [0.15, 0.2) is 0 Å². The second kappa shape index (κ2) is 14.1. The molecule has 1 amide bonds. The average molecular weight is 708 g/mol. The first-order valence-electron chi connectivity index (χ1n) is 12.0. The highest BCUT2D eigenvalue weighted by atomic mass is 127. The summed E-state index contributed by atoms with van der Waals surface area (Å²) >= 11 is 14.3. The number of hydrogen-bond donors (Lipinski definition) is 2. The molecule has 2 N–H and O–H groups in total. The Labute approximate surface area is 256 Å². The fourth-order valence-electron chi connectivity index (χ4n) is 3.69. The summed E-state index contributed by atoms with van der Waals surface area (Å²) in [5, 5.41) is 5.12. The van der Waals surface area contributed by atoms with Crippen LogP contribution in [0.5, 0.6) is 5.75 Å². The molecule has 0 aliphatic rings. The predicted molar refractivity (Wildman–Crippen MR) is 166 cm³/mol. The van der Waals surface area contributed by atoms with Crippen LogP contribution in [-0.4, -0.2) is 26.6 Å². The van der Waals surface area contributed by atoms with Gasteiger partial charge in [-0.15, -0.1) is 0 Å². The minimum absolute atomic E-state index is 0.0581. The van der Waals surface area contributed by atoms with Gasteiger partial charge in [-0.05, 0) is 94.7 Å². The zero-order valence-corrected chi connectivity index (χ0v) is 25.4. The molecule has 0 saturated carbocycles. The van der Waals surface area contributed by atoms with Crippen LogP contribution in [0.4, 0.5) is 0 Å². The number of benzene rings is 4. The zero-order chi connectivity index (χ0) is 28.5. The summed E-state index contributed by atoms with van der Waals surface area (Å²) in [6.07, 6.45) is 1.52. The Morgan fingerprint density at radius 2 is 1.60 bits per heavy atom. The monoisotopic (exact) mass is 707 g/mol. The number of halogens is 3. The lowest BCUT2D eigenvalue weighted by atomic mass is 10.1. The summed E-state index contributed by atoms with van der Waals surface area (Å²) in [6, 6.07) is 26.7. The van der Waals surface area contributed by atoms with E-state index in [2.05, 4.69) is 37.8 Å². The highest BCUT2D eigenvalue weighted by Gasteiger charge is 2.26. The molecule has 206 valence electrons. The molecule has 1 atom stereocenters. The van der Waals surface area contributed by atoms with Gasteiger partial charge in [0.2, 0.25) is 10.0 Å². The molecule has 4 rings (SSSR count). The van der Waals surface area contributed by atoms with Gasteiger partial charge in [0.1, 0.15) is 18.4 Å². The first-order valence-corrected chi connectivity index (χ1v) is 15.3. The lowest BCUT2D eigenvalue weighted by Crippen LogP contribution is -2.46. The highest BCUT2D eigenvalue weighted by molar-refractivity contribution is 14.1. The number of carbonyl (C=O) groups excluding carboxylic acids is 1. The van der Waals surface area contributed by atoms with E-state index >= 15 is 0 Å². The molecule has 0 unspecified atom stereocenters. The minimum atomic E-state index is -3.98. The summed E-state index contributed by atoms with van der Waals surface area (Å²) in [6.45, 7) is 0.259. The number of nitrogens with one attached hydrogen (secondary N) is 2. The summed E-state index contributed by atoms with van der Waals surface area (Å²) in [7, 11) is -3.98. The van der Waals surface area contributed by atoms with Gasteiger partial charge in [-0.2, -0.15) is 9.82 Å². The van der Waals surface area contributed by atoms with Crippen LogP contribution >= 0.6 is 45.8 Å². The number of carbonyl (C=O) groups is 1. The van der Waals surface area contributed by atoms with Gasteiger partial charge in [-0.1, -0.05) is 65.7 Å². The van der Waals surface area contributed by atoms with Crippen molar-refractivity contribution in [2.75, 3.05) is 0 Å². The molecule has 0 fully saturated rings. The Morgan fingerprint density at radius 3 is 2.33 bits per heavy atom. The van der Waals surface area contributed by atoms with E-state index in [0.29, 0.717) is 21.4 Å². The number of hydrogen-bond acceptors (Lipinski definition) is 5. The van der Waals surface area contributed by atoms with Crippen molar-refractivity contribution in [3.8, 4) is 5.75 Å². The zero-order valence-electron chi connectivity index (χ0n) is 20.9. The molecule has 0 aromatic heterocycles. The van der Waals surface area contributed by atoms with Crippen molar-refractivity contribution in [2.24, 2.45) is 5.10 Å². The number of rotatable bonds is 11. The van der Waals surface area contributed by atoms with Gasteiger partial charge in [-0.3, -0.25) is 4.79 Å². The maximum atomic E-state index is 13.2. The molecule has 4 aromatic rings. The number of sulfonamides is 1. The lowest BCUT2D eigenvalue weighted by Gasteiger charge is -2.17. The third-order valence-corrected chi connectivity index (χ3v) is 8.33. The van der Waals surface area contributed by atoms with Crippen LogP contribution in [-0.2, 0) is 27.8 Å². The number of amides is 1. The fourth-order valence-corrected chi connectivity index (χ4v) is 5.64. The van der Waals surface area contributed by atoms with Gasteiger partial charge in [0.25, 0.3) is 5.91 Å². The molecule has 0 heterocycles. The van der Waals surface area contributed by atoms with Crippen molar-refractivity contribution in [1.29, 1.82) is 0 Å². The quantitative estimate of drug-likeness (QED) is 0.110. The first-order chi connectivity index (χ1) is 19.2. The van der Waals surface area contributed by atoms with E-state index in [1.165, 1.54) is 18.3 Å². The van der Waals surface area contributed by atoms with Crippen molar-refractivity contribution in [3.05, 3.63) is 127 Å². The molecule has 40 heavy (non-hydrogen) atoms. The van der Waals surface area contributed by atoms with Gasteiger partial charge in [-0.25, -0.2) is 13.8 Å². The van der Waals surface area contributed by atoms with Crippen LogP contribution in [0, 0.1) is 3.57 Å². The van der Waals surface area contributed by atoms with Gasteiger partial charge in [0.05, 0.1) is 11.1 Å². The van der Waals surface area contributed by atoms with E-state index in [9.17, 15) is 13.2 Å². The molecule has 0 bridgehead atoms. The van der Waals surface area contributed by atoms with Gasteiger partial charge >= 0.3 is 0 Å². The molecule has 7 nitrogen and oxygen atoms in total. The normalized spacial score (nSPS) is 12.3. The Balaban J connectivity index is 1.50. The van der Waals surface area contributed by atoms with E-state index < -0.39 is 22.0 Å². The summed E-state index contributed by atoms with van der Waals surface area (Å²) in [4.78, 5) is 13.2. The van der Waals surface area contributed by atoms with Crippen LogP contribution < -0.4 is 14.9 Å². The van der Waals surface area contributed by atoms with E-state index in [1.807, 2.05) is 42.5 Å². The van der Waals surface area contributed by atoms with E-state index in [0.717, 1.165) is 14.7 Å². The van der Waals surface area contributed by atoms with Crippen LogP contribution in [0.1, 0.15) is 16.7 Å². The largest absolute Gasteiger partial charge is 0.488 e. The van der Waals surface area contributed by atoms with E-state index in [-0.39, 0.29) is 17.9 Å². The Hall–Kier alpha value is -2.96. The van der Waals surface area contributed by atoms with Crippen LogP contribution in [0.25, 0.3) is 0 Å². The highest BCUT2D eigenvalue weighted by Crippen LogP contribution is 2.23. The van der Waals surface area contributed by atoms with E-state index in [4.69, 9.17) is 27.9 Å². The molecule has 0 aliphatic carbocycles. The third-order valence-electron chi connectivity index (χ3n) is 5.65. The molecule has 0 aliphatic heterocycles. The summed E-state index contributed by atoms with van der Waals surface area (Å²) < 4.78 is 35.5. The Bertz CT molecular complexity index is 1600. The second-order valence-electron chi connectivity index (χ2n) is 8.65. The fraction of sp³-hybridized carbons (Fsp3) is 0.103. The smallest absolute Gasteiger partial charge is 0.258 e. The molecule has 0 radical (unpaired) electrons. The maximum absolute atomic E-state index is 13.2. The Kier molecular flexibility index (Phi) is 10.6. The Morgan fingerprint density at radius 1 is 0.900 bits per heavy atom. The van der Waals surface area contributed by atoms with Crippen molar-refractivity contribution < 1.29 is 17.9 Å². The SMILES string of the molecule is O=C(N/N=C\c1cc(Cl)ccc1OCc1cccc(Cl)c1)[C@@H](Cc1ccccc1)NS(=O)(=O)c1ccc(I)cc1. The third kappa shape index (κ3) is 8.77. The minimum Gasteiger partial charge on any atom is -0.488 e. The molecular formula is C29H24Cl2IN3O4S. The van der Waals surface area contributed by atoms with Crippen molar-refractivity contribution in [1.82, 2.24) is 10.1 Å². The second-order valence-corrected chi connectivity index (χ2v) is 12.5. The molecule has 11 heteroatoms. The summed E-state index contributed by atoms with van der Waals surface area (Å²) in [5.74, 6) is -0.139. The van der Waals surface area contributed by atoms with Crippen LogP contribution in [0.2, 0.25) is 10.0 Å². The van der Waals surface area contributed by atoms with Gasteiger partial charge in [0, 0.05) is 19.2 Å². The van der Waals surface area contributed by atoms with Crippen LogP contribution in [0.15, 0.2) is 107 Å². The number of hydrazone groups is 1. The number of ether oxygens (including phenoxy) is 1. The standard InChI is InChI=1S/C29H24Cl2IN3O4S/c30-23-8-4-7-21(15-23)19-39-28-14-9-24(31)17-22(28)18-33-34-29(36)27(16-20-5-2-1-3-6-20)35-40(37,38)26-12-10-25(32)11-13-26/h1-15,17-18,27,35H,16,19H2,(H,34,36)/b33-18-/t27-/m1/s1. The summed E-state index contributed by atoms with van der Waals surface area (Å²) in [5.41, 5.74) is 4.63. The van der Waals surface area contributed by atoms with Crippen molar-refractivity contribution in [3.63, 3.8) is 0 Å². The molecule has 4 aromatic carbocycles.